The first-order chi connectivity index (χ1) is 15.2. The average molecular weight is 424 g/mol. The molecule has 0 aliphatic carbocycles. The number of amides is 1. The Morgan fingerprint density at radius 1 is 1.06 bits per heavy atom. The molecule has 1 saturated heterocycles. The van der Waals surface area contributed by atoms with Crippen LogP contribution in [0.15, 0.2) is 74.7 Å². The zero-order valence-corrected chi connectivity index (χ0v) is 17.2. The van der Waals surface area contributed by atoms with Gasteiger partial charge in [-0.15, -0.1) is 0 Å². The summed E-state index contributed by atoms with van der Waals surface area (Å²) < 4.78 is 16.1. The Morgan fingerprint density at radius 3 is 2.58 bits per heavy atom. The van der Waals surface area contributed by atoms with Crippen LogP contribution in [0.2, 0.25) is 0 Å². The van der Waals surface area contributed by atoms with Crippen LogP contribution in [-0.4, -0.2) is 38.7 Å². The minimum absolute atomic E-state index is 0.0285. The molecule has 1 aliphatic rings. The maximum atomic E-state index is 12.3. The number of furan rings is 1. The van der Waals surface area contributed by atoms with Crippen LogP contribution in [0.1, 0.15) is 11.5 Å². The summed E-state index contributed by atoms with van der Waals surface area (Å²) >= 11 is 0. The van der Waals surface area contributed by atoms with E-state index in [9.17, 15) is 9.59 Å². The van der Waals surface area contributed by atoms with Crippen LogP contribution in [0.4, 0.5) is 5.69 Å². The molecule has 162 valence electrons. The number of nitrogens with zero attached hydrogens (tertiary/aromatic N) is 1. The van der Waals surface area contributed by atoms with E-state index in [4.69, 9.17) is 13.6 Å². The number of hydrogen-bond acceptors (Lipinski definition) is 6. The third-order valence-electron chi connectivity index (χ3n) is 5.27. The SMILES string of the molecule is O=C(COc1coc(C[NH+]2CCN(c3ccccc3)CC2)cc1=O)NCc1ccco1. The Morgan fingerprint density at radius 2 is 1.87 bits per heavy atom. The monoisotopic (exact) mass is 424 g/mol. The Kier molecular flexibility index (Phi) is 6.68. The topological polar surface area (TPSA) is 89.4 Å². The molecule has 0 unspecified atom stereocenters. The van der Waals surface area contributed by atoms with Crippen LogP contribution in [0.5, 0.6) is 5.75 Å². The summed E-state index contributed by atoms with van der Waals surface area (Å²) in [6.45, 7) is 4.48. The molecule has 1 fully saturated rings. The first-order valence-corrected chi connectivity index (χ1v) is 10.3. The van der Waals surface area contributed by atoms with Gasteiger partial charge >= 0.3 is 0 Å². The number of anilines is 1. The number of hydrogen-bond donors (Lipinski definition) is 2. The summed E-state index contributed by atoms with van der Waals surface area (Å²) in [6, 6.07) is 15.3. The zero-order valence-electron chi connectivity index (χ0n) is 17.2. The highest BCUT2D eigenvalue weighted by molar-refractivity contribution is 5.77. The largest absolute Gasteiger partial charge is 0.477 e. The lowest BCUT2D eigenvalue weighted by Gasteiger charge is -2.33. The van der Waals surface area contributed by atoms with Crippen molar-refractivity contribution in [1.82, 2.24) is 5.32 Å². The highest BCUT2D eigenvalue weighted by Gasteiger charge is 2.21. The van der Waals surface area contributed by atoms with Gasteiger partial charge in [-0.25, -0.2) is 0 Å². The third-order valence-corrected chi connectivity index (χ3v) is 5.27. The first kappa shape index (κ1) is 20.7. The van der Waals surface area contributed by atoms with E-state index in [2.05, 4.69) is 34.5 Å². The molecule has 0 radical (unpaired) electrons. The Balaban J connectivity index is 1.23. The minimum Gasteiger partial charge on any atom is -0.477 e. The van der Waals surface area contributed by atoms with E-state index in [0.29, 0.717) is 18.1 Å². The predicted molar refractivity (Wildman–Crippen MR) is 114 cm³/mol. The smallest absolute Gasteiger partial charge is 0.258 e. The van der Waals surface area contributed by atoms with E-state index < -0.39 is 0 Å². The maximum absolute atomic E-state index is 12.3. The summed E-state index contributed by atoms with van der Waals surface area (Å²) in [7, 11) is 0. The number of piperazine rings is 1. The fourth-order valence-corrected chi connectivity index (χ4v) is 3.57. The van der Waals surface area contributed by atoms with Crippen molar-refractivity contribution in [2.45, 2.75) is 13.1 Å². The Hall–Kier alpha value is -3.52. The highest BCUT2D eigenvalue weighted by atomic mass is 16.5. The molecule has 2 N–H and O–H groups in total. The van der Waals surface area contributed by atoms with E-state index in [1.54, 1.807) is 12.1 Å². The first-order valence-electron chi connectivity index (χ1n) is 10.3. The van der Waals surface area contributed by atoms with Crippen molar-refractivity contribution in [2.75, 3.05) is 37.7 Å². The van der Waals surface area contributed by atoms with Crippen LogP contribution in [0, 0.1) is 0 Å². The van der Waals surface area contributed by atoms with Crippen LogP contribution >= 0.6 is 0 Å². The number of nitrogens with one attached hydrogen (secondary N) is 2. The highest BCUT2D eigenvalue weighted by Crippen LogP contribution is 2.12. The molecule has 2 aromatic heterocycles. The van der Waals surface area contributed by atoms with Crippen molar-refractivity contribution in [3.8, 4) is 5.75 Å². The molecule has 1 amide bonds. The van der Waals surface area contributed by atoms with Crippen molar-refractivity contribution in [2.24, 2.45) is 0 Å². The molecule has 4 rings (SSSR count). The van der Waals surface area contributed by atoms with Gasteiger partial charge < -0.3 is 28.7 Å². The summed E-state index contributed by atoms with van der Waals surface area (Å²) in [5.74, 6) is 0.938. The standard InChI is InChI=1S/C23H25N3O5/c27-21-13-20(15-25-8-10-26(11-9-25)18-5-2-1-3-6-18)30-16-22(21)31-17-23(28)24-14-19-7-4-12-29-19/h1-7,12-13,16H,8-11,14-15,17H2,(H,24,28)/p+1. The van der Waals surface area contributed by atoms with Gasteiger partial charge in [-0.2, -0.15) is 0 Å². The van der Waals surface area contributed by atoms with Gasteiger partial charge in [-0.3, -0.25) is 9.59 Å². The van der Waals surface area contributed by atoms with Gasteiger partial charge in [-0.1, -0.05) is 18.2 Å². The number of carbonyl (C=O) groups is 1. The van der Waals surface area contributed by atoms with E-state index in [-0.39, 0.29) is 30.2 Å². The number of carbonyl (C=O) groups excluding carboxylic acids is 1. The fraction of sp³-hybridized carbons (Fsp3) is 0.304. The fourth-order valence-electron chi connectivity index (χ4n) is 3.57. The average Bonchev–Trinajstić information content (AvgIpc) is 3.32. The number of quaternary nitrogens is 1. The second-order valence-electron chi connectivity index (χ2n) is 7.47. The summed E-state index contributed by atoms with van der Waals surface area (Å²) in [5, 5.41) is 2.66. The van der Waals surface area contributed by atoms with E-state index >= 15 is 0 Å². The summed E-state index contributed by atoms with van der Waals surface area (Å²) in [5.41, 5.74) is 0.949. The number of para-hydroxylation sites is 1. The molecular weight excluding hydrogens is 398 g/mol. The lowest BCUT2D eigenvalue weighted by atomic mass is 10.2. The lowest BCUT2D eigenvalue weighted by Crippen LogP contribution is -3.13. The number of rotatable bonds is 8. The van der Waals surface area contributed by atoms with Gasteiger partial charge in [0.25, 0.3) is 5.91 Å². The van der Waals surface area contributed by atoms with Gasteiger partial charge in [0.05, 0.1) is 39.0 Å². The van der Waals surface area contributed by atoms with Crippen molar-refractivity contribution < 1.29 is 23.3 Å². The van der Waals surface area contributed by atoms with Crippen LogP contribution in [0.25, 0.3) is 0 Å². The van der Waals surface area contributed by atoms with E-state index in [1.807, 2.05) is 6.07 Å². The Labute approximate surface area is 180 Å². The molecular formula is C23H26N3O5+. The van der Waals surface area contributed by atoms with Crippen molar-refractivity contribution in [1.29, 1.82) is 0 Å². The lowest BCUT2D eigenvalue weighted by molar-refractivity contribution is -0.915. The second kappa shape index (κ2) is 9.99. The normalized spacial score (nSPS) is 14.4. The Bertz CT molecular complexity index is 1020. The van der Waals surface area contributed by atoms with Gasteiger partial charge in [0, 0.05) is 11.8 Å². The zero-order chi connectivity index (χ0) is 21.5. The van der Waals surface area contributed by atoms with Gasteiger partial charge in [0.1, 0.15) is 18.6 Å². The van der Waals surface area contributed by atoms with Crippen LogP contribution < -0.4 is 25.3 Å². The molecule has 3 heterocycles. The molecule has 31 heavy (non-hydrogen) atoms. The van der Waals surface area contributed by atoms with Crippen LogP contribution in [0.3, 0.4) is 0 Å². The number of ether oxygens (including phenoxy) is 1. The molecule has 0 atom stereocenters. The summed E-state index contributed by atoms with van der Waals surface area (Å²) in [6.07, 6.45) is 2.83. The molecule has 0 saturated carbocycles. The quantitative estimate of drug-likeness (QED) is 0.557. The van der Waals surface area contributed by atoms with Gasteiger partial charge in [0.2, 0.25) is 11.2 Å². The minimum atomic E-state index is -0.347. The molecule has 8 nitrogen and oxygen atoms in total. The molecule has 1 aliphatic heterocycles. The van der Waals surface area contributed by atoms with Crippen molar-refractivity contribution in [3.63, 3.8) is 0 Å². The van der Waals surface area contributed by atoms with E-state index in [1.165, 1.54) is 29.2 Å². The number of benzene rings is 1. The molecule has 0 bridgehead atoms. The maximum Gasteiger partial charge on any atom is 0.258 e. The second-order valence-corrected chi connectivity index (χ2v) is 7.47. The molecule has 3 aromatic rings. The van der Waals surface area contributed by atoms with Gasteiger partial charge in [-0.05, 0) is 24.3 Å². The van der Waals surface area contributed by atoms with Gasteiger partial charge in [0.15, 0.2) is 12.4 Å². The molecule has 1 aromatic carbocycles. The van der Waals surface area contributed by atoms with Crippen LogP contribution in [-0.2, 0) is 17.9 Å². The van der Waals surface area contributed by atoms with E-state index in [0.717, 1.165) is 26.2 Å². The molecule has 0 spiro atoms. The van der Waals surface area contributed by atoms with Crippen molar-refractivity contribution in [3.05, 3.63) is 82.8 Å². The summed E-state index contributed by atoms with van der Waals surface area (Å²) in [4.78, 5) is 27.9. The third kappa shape index (κ3) is 5.76. The predicted octanol–water partition coefficient (Wildman–Crippen LogP) is 0.833. The molecule has 8 heteroatoms. The van der Waals surface area contributed by atoms with Crippen molar-refractivity contribution >= 4 is 11.6 Å².